The Morgan fingerprint density at radius 2 is 1.38 bits per heavy atom. The van der Waals surface area contributed by atoms with Crippen molar-refractivity contribution in [3.63, 3.8) is 0 Å². The Bertz CT molecular complexity index is 1290. The van der Waals surface area contributed by atoms with E-state index in [1.54, 1.807) is 31.3 Å². The highest BCUT2D eigenvalue weighted by atomic mass is 16.6. The van der Waals surface area contributed by atoms with Crippen LogP contribution in [0.4, 0.5) is 27.5 Å². The van der Waals surface area contributed by atoms with Crippen LogP contribution in [0, 0.1) is 20.2 Å². The number of nitrogen functional groups attached to an aromatic ring is 1. The van der Waals surface area contributed by atoms with Crippen molar-refractivity contribution >= 4 is 39.9 Å². The number of allylic oxidation sites excluding steroid dienone is 4. The Morgan fingerprint density at radius 3 is 1.79 bits per heavy atom. The highest BCUT2D eigenvalue weighted by Gasteiger charge is 2.20. The Morgan fingerprint density at radius 1 is 0.857 bits per heavy atom. The number of benzene rings is 2. The fourth-order valence-electron chi connectivity index (χ4n) is 4.78. The van der Waals surface area contributed by atoms with Crippen LogP contribution in [-0.4, -0.2) is 34.4 Å². The van der Waals surface area contributed by atoms with Gasteiger partial charge in [-0.25, -0.2) is 4.79 Å². The van der Waals surface area contributed by atoms with Crippen molar-refractivity contribution in [1.82, 2.24) is 4.90 Å². The molecule has 0 saturated carbocycles. The number of anilines is 2. The molecule has 2 aliphatic carbocycles. The summed E-state index contributed by atoms with van der Waals surface area (Å²) < 4.78 is 0. The number of urea groups is 1. The average Bonchev–Trinajstić information content (AvgIpc) is 3.69. The lowest BCUT2D eigenvalue weighted by molar-refractivity contribution is -0.384. The maximum absolute atomic E-state index is 12.1. The molecule has 4 rings (SSSR count). The van der Waals surface area contributed by atoms with Crippen LogP contribution in [0.2, 0.25) is 0 Å². The predicted octanol–water partition coefficient (Wildman–Crippen LogP) is 8.98. The quantitative estimate of drug-likeness (QED) is 0.172. The van der Waals surface area contributed by atoms with Crippen molar-refractivity contribution in [2.24, 2.45) is 0 Å². The smallest absolute Gasteiger partial charge is 0.321 e. The number of unbranched alkanes of at least 4 members (excludes halogenated alkanes) is 2. The van der Waals surface area contributed by atoms with Crippen molar-refractivity contribution in [2.45, 2.75) is 85.0 Å². The van der Waals surface area contributed by atoms with Gasteiger partial charge >= 0.3 is 6.03 Å². The molecule has 10 heteroatoms. The van der Waals surface area contributed by atoms with Gasteiger partial charge in [0.2, 0.25) is 0 Å². The topological polar surface area (TPSA) is 145 Å². The van der Waals surface area contributed by atoms with Gasteiger partial charge < -0.3 is 16.0 Å². The number of hydrogen-bond acceptors (Lipinski definition) is 6. The van der Waals surface area contributed by atoms with Crippen molar-refractivity contribution in [2.75, 3.05) is 24.6 Å². The minimum Gasteiger partial charge on any atom is -0.393 e. The van der Waals surface area contributed by atoms with E-state index in [0.29, 0.717) is 6.54 Å². The van der Waals surface area contributed by atoms with Gasteiger partial charge in [0.25, 0.3) is 11.4 Å². The largest absolute Gasteiger partial charge is 0.393 e. The third-order valence-corrected chi connectivity index (χ3v) is 7.10. The molecule has 2 aromatic carbocycles. The highest BCUT2D eigenvalue weighted by Crippen LogP contribution is 2.34. The van der Waals surface area contributed by atoms with Gasteiger partial charge in [-0.1, -0.05) is 52.2 Å². The van der Waals surface area contributed by atoms with E-state index < -0.39 is 9.85 Å². The SMILES string of the molecule is CCCCC.CCCN(C)C(=O)Nc1cc(C2=CCCC2)ccc1[N+](=O)[O-].Nc1cc(C2=CCCC2)ccc1[N+](=O)[O-]. The number of nitrogens with two attached hydrogens (primary N) is 1. The zero-order valence-corrected chi connectivity index (χ0v) is 25.4. The summed E-state index contributed by atoms with van der Waals surface area (Å²) in [5.74, 6) is 0. The molecule has 0 aliphatic heterocycles. The van der Waals surface area contributed by atoms with Crippen LogP contribution < -0.4 is 11.1 Å². The summed E-state index contributed by atoms with van der Waals surface area (Å²) in [7, 11) is 1.67. The summed E-state index contributed by atoms with van der Waals surface area (Å²) in [6.45, 7) is 7.00. The zero-order valence-electron chi connectivity index (χ0n) is 25.4. The molecule has 3 N–H and O–H groups in total. The van der Waals surface area contributed by atoms with E-state index in [2.05, 4.69) is 31.3 Å². The maximum Gasteiger partial charge on any atom is 0.321 e. The van der Waals surface area contributed by atoms with Crippen molar-refractivity contribution in [3.8, 4) is 0 Å². The van der Waals surface area contributed by atoms with Crippen LogP contribution >= 0.6 is 0 Å². The molecule has 228 valence electrons. The van der Waals surface area contributed by atoms with Crippen LogP contribution in [0.25, 0.3) is 11.1 Å². The van der Waals surface area contributed by atoms with E-state index in [4.69, 9.17) is 5.73 Å². The van der Waals surface area contributed by atoms with Crippen LogP contribution in [0.1, 0.15) is 96.1 Å². The van der Waals surface area contributed by atoms with E-state index in [9.17, 15) is 25.0 Å². The van der Waals surface area contributed by atoms with E-state index >= 15 is 0 Å². The zero-order chi connectivity index (χ0) is 31.1. The molecule has 0 atom stereocenters. The first-order valence-electron chi connectivity index (χ1n) is 14.9. The summed E-state index contributed by atoms with van der Waals surface area (Å²) in [5.41, 5.74) is 10.4. The van der Waals surface area contributed by atoms with Crippen LogP contribution in [-0.2, 0) is 0 Å². The lowest BCUT2D eigenvalue weighted by Crippen LogP contribution is -2.32. The summed E-state index contributed by atoms with van der Waals surface area (Å²) in [6, 6.07) is 9.52. The van der Waals surface area contributed by atoms with E-state index in [0.717, 1.165) is 56.1 Å². The second-order valence-corrected chi connectivity index (χ2v) is 10.5. The van der Waals surface area contributed by atoms with Gasteiger partial charge in [-0.15, -0.1) is 0 Å². The molecule has 0 unspecified atom stereocenters. The van der Waals surface area contributed by atoms with Gasteiger partial charge in [-0.2, -0.15) is 0 Å². The molecular weight excluding hydrogens is 534 g/mol. The van der Waals surface area contributed by atoms with Gasteiger partial charge in [-0.3, -0.25) is 20.2 Å². The number of carbonyl (C=O) groups excluding carboxylic acids is 1. The number of carbonyl (C=O) groups is 1. The van der Waals surface area contributed by atoms with Crippen LogP contribution in [0.5, 0.6) is 0 Å². The first kappa shape index (κ1) is 34.0. The number of nitrogens with one attached hydrogen (secondary N) is 1. The number of nitrogens with zero attached hydrogens (tertiary/aromatic N) is 3. The molecule has 2 aromatic rings. The van der Waals surface area contributed by atoms with E-state index in [1.165, 1.54) is 47.4 Å². The molecule has 2 amide bonds. The van der Waals surface area contributed by atoms with E-state index in [-0.39, 0.29) is 28.8 Å². The van der Waals surface area contributed by atoms with Gasteiger partial charge in [0.15, 0.2) is 0 Å². The molecule has 0 aromatic heterocycles. The number of nitro groups is 2. The number of nitro benzene ring substituents is 2. The van der Waals surface area contributed by atoms with Crippen molar-refractivity contribution < 1.29 is 14.6 Å². The number of rotatable bonds is 9. The average molecular weight is 580 g/mol. The Labute approximate surface area is 249 Å². The first-order chi connectivity index (χ1) is 20.1. The third-order valence-electron chi connectivity index (χ3n) is 7.10. The minimum atomic E-state index is -0.470. The molecule has 0 fully saturated rings. The molecule has 0 spiro atoms. The molecule has 2 aliphatic rings. The Balaban J connectivity index is 0.000000265. The minimum absolute atomic E-state index is 0.0163. The standard InChI is InChI=1S/C16H21N3O3.C11H12N2O2.C5H12/c1-3-10-18(2)16(20)17-14-11-13(12-6-4-5-7-12)8-9-15(14)19(21)22;12-10-7-9(8-3-1-2-4-8)5-6-11(10)13(14)15;1-3-5-4-2/h6,8-9,11H,3-5,7,10H2,1-2H3,(H,17,20);3,5-7H,1-2,4,12H2;3-5H2,1-2H3. The van der Waals surface area contributed by atoms with Gasteiger partial charge in [0.1, 0.15) is 11.4 Å². The lowest BCUT2D eigenvalue weighted by atomic mass is 10.0. The predicted molar refractivity (Wildman–Crippen MR) is 171 cm³/mol. The van der Waals surface area contributed by atoms with Gasteiger partial charge in [-0.05, 0) is 91.5 Å². The van der Waals surface area contributed by atoms with Crippen molar-refractivity contribution in [1.29, 1.82) is 0 Å². The summed E-state index contributed by atoms with van der Waals surface area (Å²) in [4.78, 5) is 34.4. The molecule has 0 radical (unpaired) electrons. The number of hydrogen-bond donors (Lipinski definition) is 2. The fourth-order valence-corrected chi connectivity index (χ4v) is 4.78. The van der Waals surface area contributed by atoms with Gasteiger partial charge in [0, 0.05) is 25.7 Å². The summed E-state index contributed by atoms with van der Waals surface area (Å²) in [5, 5.41) is 24.4. The molecule has 42 heavy (non-hydrogen) atoms. The summed E-state index contributed by atoms with van der Waals surface area (Å²) >= 11 is 0. The fraction of sp³-hybridized carbons (Fsp3) is 0.469. The maximum atomic E-state index is 12.1. The molecule has 0 saturated heterocycles. The summed E-state index contributed by atoms with van der Waals surface area (Å²) in [6.07, 6.45) is 15.6. The molecular formula is C32H45N5O5. The Kier molecular flexibility index (Phi) is 14.2. The second-order valence-electron chi connectivity index (χ2n) is 10.5. The van der Waals surface area contributed by atoms with Crippen LogP contribution in [0.3, 0.4) is 0 Å². The first-order valence-corrected chi connectivity index (χ1v) is 14.9. The second kappa shape index (κ2) is 17.6. The van der Waals surface area contributed by atoms with Gasteiger partial charge in [0.05, 0.1) is 9.85 Å². The lowest BCUT2D eigenvalue weighted by Gasteiger charge is -2.17. The van der Waals surface area contributed by atoms with E-state index in [1.807, 2.05) is 6.92 Å². The monoisotopic (exact) mass is 579 g/mol. The molecule has 10 nitrogen and oxygen atoms in total. The third kappa shape index (κ3) is 10.3. The molecule has 0 bridgehead atoms. The van der Waals surface area contributed by atoms with Crippen molar-refractivity contribution in [3.05, 3.63) is 79.9 Å². The van der Waals surface area contributed by atoms with Crippen LogP contribution in [0.15, 0.2) is 48.6 Å². The molecule has 0 heterocycles. The highest BCUT2D eigenvalue weighted by molar-refractivity contribution is 5.92. The normalized spacial score (nSPS) is 13.5. The number of amides is 2. The Hall–Kier alpha value is -4.21.